The van der Waals surface area contributed by atoms with Gasteiger partial charge in [0.05, 0.1) is 0 Å². The number of anilines is 4. The van der Waals surface area contributed by atoms with Crippen LogP contribution in [-0.4, -0.2) is 9.97 Å². The maximum atomic E-state index is 13.4. The van der Waals surface area contributed by atoms with Crippen LogP contribution in [0.3, 0.4) is 0 Å². The molecule has 3 rings (SSSR count). The Morgan fingerprint density at radius 3 is 2.35 bits per heavy atom. The van der Waals surface area contributed by atoms with Crippen LogP contribution in [0.15, 0.2) is 54.7 Å². The van der Waals surface area contributed by atoms with Gasteiger partial charge in [-0.15, -0.1) is 0 Å². The third kappa shape index (κ3) is 6.67. The Bertz CT molecular complexity index is 988. The molecule has 1 heterocycles. The monoisotopic (exact) mass is 432 g/mol. The Morgan fingerprint density at radius 2 is 1.68 bits per heavy atom. The minimum absolute atomic E-state index is 0.00241. The van der Waals surface area contributed by atoms with E-state index in [-0.39, 0.29) is 11.6 Å². The molecule has 164 valence electrons. The van der Waals surface area contributed by atoms with Crippen molar-refractivity contribution in [2.45, 2.75) is 45.2 Å². The molecule has 0 unspecified atom stereocenters. The number of unbranched alkanes of at least 4 members (excludes halogenated alkanes) is 3. The largest absolute Gasteiger partial charge is 0.421 e. The number of hydrogen-bond acceptors (Lipinski definition) is 4. The summed E-state index contributed by atoms with van der Waals surface area (Å²) in [6, 6.07) is 12.8. The van der Waals surface area contributed by atoms with Crippen LogP contribution in [-0.2, 0) is 12.6 Å². The fourth-order valence-electron chi connectivity index (χ4n) is 3.09. The molecule has 0 saturated carbocycles. The fraction of sp³-hybridized carbons (Fsp3) is 0.304. The highest BCUT2D eigenvalue weighted by Gasteiger charge is 2.35. The smallest absolute Gasteiger partial charge is 0.339 e. The average molecular weight is 432 g/mol. The number of aryl methyl sites for hydroxylation is 1. The first-order valence-corrected chi connectivity index (χ1v) is 10.2. The minimum Gasteiger partial charge on any atom is -0.339 e. The fourth-order valence-corrected chi connectivity index (χ4v) is 3.09. The molecule has 0 fully saturated rings. The molecule has 2 aromatic carbocycles. The number of nitrogens with one attached hydrogen (secondary N) is 2. The molecule has 0 amide bonds. The highest BCUT2D eigenvalue weighted by Crippen LogP contribution is 2.35. The van der Waals surface area contributed by atoms with Gasteiger partial charge in [0, 0.05) is 17.6 Å². The predicted molar refractivity (Wildman–Crippen MR) is 114 cm³/mol. The van der Waals surface area contributed by atoms with Crippen LogP contribution in [0.4, 0.5) is 40.7 Å². The average Bonchev–Trinajstić information content (AvgIpc) is 2.72. The van der Waals surface area contributed by atoms with Crippen LogP contribution in [0.5, 0.6) is 0 Å². The second-order valence-corrected chi connectivity index (χ2v) is 7.22. The zero-order valence-electron chi connectivity index (χ0n) is 17.1. The number of aromatic nitrogens is 2. The van der Waals surface area contributed by atoms with Gasteiger partial charge in [0.2, 0.25) is 5.95 Å². The zero-order valence-corrected chi connectivity index (χ0v) is 17.1. The number of halogens is 4. The lowest BCUT2D eigenvalue weighted by molar-refractivity contribution is -0.137. The van der Waals surface area contributed by atoms with Crippen LogP contribution < -0.4 is 10.6 Å². The quantitative estimate of drug-likeness (QED) is 0.276. The topological polar surface area (TPSA) is 49.8 Å². The number of alkyl halides is 3. The number of hydrogen-bond donors (Lipinski definition) is 2. The van der Waals surface area contributed by atoms with Crippen molar-refractivity contribution in [3.63, 3.8) is 0 Å². The Labute approximate surface area is 178 Å². The molecule has 2 N–H and O–H groups in total. The van der Waals surface area contributed by atoms with Gasteiger partial charge >= 0.3 is 6.18 Å². The van der Waals surface area contributed by atoms with E-state index in [1.807, 2.05) is 24.3 Å². The third-order valence-electron chi connectivity index (χ3n) is 4.71. The van der Waals surface area contributed by atoms with Gasteiger partial charge in [0.1, 0.15) is 17.2 Å². The van der Waals surface area contributed by atoms with Gasteiger partial charge in [-0.3, -0.25) is 0 Å². The van der Waals surface area contributed by atoms with E-state index < -0.39 is 23.4 Å². The van der Waals surface area contributed by atoms with Crippen molar-refractivity contribution in [3.8, 4) is 0 Å². The lowest BCUT2D eigenvalue weighted by Crippen LogP contribution is -2.12. The number of rotatable bonds is 9. The molecule has 1 aromatic heterocycles. The van der Waals surface area contributed by atoms with Gasteiger partial charge < -0.3 is 10.6 Å². The van der Waals surface area contributed by atoms with E-state index in [0.29, 0.717) is 11.9 Å². The van der Waals surface area contributed by atoms with Gasteiger partial charge in [-0.2, -0.15) is 18.2 Å². The van der Waals surface area contributed by atoms with E-state index in [9.17, 15) is 17.6 Å². The summed E-state index contributed by atoms with van der Waals surface area (Å²) in [6.07, 6.45) is 1.75. The molecule has 8 heteroatoms. The van der Waals surface area contributed by atoms with Gasteiger partial charge in [0.15, 0.2) is 0 Å². The summed E-state index contributed by atoms with van der Waals surface area (Å²) in [5, 5.41) is 5.46. The second-order valence-electron chi connectivity index (χ2n) is 7.22. The van der Waals surface area contributed by atoms with Crippen molar-refractivity contribution in [1.82, 2.24) is 9.97 Å². The molecular formula is C23H24F4N4. The maximum Gasteiger partial charge on any atom is 0.421 e. The van der Waals surface area contributed by atoms with Crippen molar-refractivity contribution in [2.24, 2.45) is 0 Å². The van der Waals surface area contributed by atoms with Crippen molar-refractivity contribution in [2.75, 3.05) is 10.6 Å². The van der Waals surface area contributed by atoms with Crippen LogP contribution in [0.1, 0.15) is 43.7 Å². The van der Waals surface area contributed by atoms with E-state index in [4.69, 9.17) is 0 Å². The van der Waals surface area contributed by atoms with E-state index in [2.05, 4.69) is 27.5 Å². The standard InChI is InChI=1S/C23H24F4N4/c1-2-3-4-5-7-16-10-12-18(13-11-16)30-22-28-15-20(23(25,26)27)21(31-22)29-19-9-6-8-17(24)14-19/h6,8-15H,2-5,7H2,1H3,(H2,28,29,30,31). The normalized spacial score (nSPS) is 11.4. The first kappa shape index (κ1) is 22.5. The lowest BCUT2D eigenvalue weighted by Gasteiger charge is -2.15. The predicted octanol–water partition coefficient (Wildman–Crippen LogP) is 7.24. The third-order valence-corrected chi connectivity index (χ3v) is 4.71. The van der Waals surface area contributed by atoms with Crippen molar-refractivity contribution >= 4 is 23.1 Å². The van der Waals surface area contributed by atoms with Crippen LogP contribution >= 0.6 is 0 Å². The highest BCUT2D eigenvalue weighted by atomic mass is 19.4. The first-order chi connectivity index (χ1) is 14.8. The van der Waals surface area contributed by atoms with Crippen LogP contribution in [0, 0.1) is 5.82 Å². The van der Waals surface area contributed by atoms with E-state index in [0.717, 1.165) is 18.9 Å². The van der Waals surface area contributed by atoms with Crippen molar-refractivity contribution in [3.05, 3.63) is 71.7 Å². The maximum absolute atomic E-state index is 13.4. The molecule has 0 spiro atoms. The summed E-state index contributed by atoms with van der Waals surface area (Å²) in [4.78, 5) is 7.77. The summed E-state index contributed by atoms with van der Waals surface area (Å²) in [6.45, 7) is 2.17. The lowest BCUT2D eigenvalue weighted by atomic mass is 10.1. The molecule has 0 radical (unpaired) electrons. The molecule has 0 bridgehead atoms. The minimum atomic E-state index is -4.66. The molecule has 0 aliphatic rings. The van der Waals surface area contributed by atoms with Gasteiger partial charge in [-0.1, -0.05) is 44.4 Å². The summed E-state index contributed by atoms with van der Waals surface area (Å²) in [7, 11) is 0. The Morgan fingerprint density at radius 1 is 0.903 bits per heavy atom. The summed E-state index contributed by atoms with van der Waals surface area (Å²) in [5.41, 5.74) is 0.976. The Hall–Kier alpha value is -3.16. The molecule has 0 saturated heterocycles. The first-order valence-electron chi connectivity index (χ1n) is 10.2. The van der Waals surface area contributed by atoms with E-state index in [1.165, 1.54) is 43.0 Å². The summed E-state index contributed by atoms with van der Waals surface area (Å²) in [5.74, 6) is -1.02. The Kier molecular flexibility index (Phi) is 7.44. The number of benzene rings is 2. The van der Waals surface area contributed by atoms with Crippen molar-refractivity contribution in [1.29, 1.82) is 0 Å². The second kappa shape index (κ2) is 10.2. The molecule has 0 aliphatic carbocycles. The van der Waals surface area contributed by atoms with Crippen LogP contribution in [0.2, 0.25) is 0 Å². The van der Waals surface area contributed by atoms with E-state index in [1.54, 1.807) is 0 Å². The molecule has 4 nitrogen and oxygen atoms in total. The molecule has 0 aliphatic heterocycles. The highest BCUT2D eigenvalue weighted by molar-refractivity contribution is 5.63. The van der Waals surface area contributed by atoms with Gasteiger partial charge in [-0.25, -0.2) is 9.37 Å². The number of nitrogens with zero attached hydrogens (tertiary/aromatic N) is 2. The Balaban J connectivity index is 1.75. The SMILES string of the molecule is CCCCCCc1ccc(Nc2ncc(C(F)(F)F)c(Nc3cccc(F)c3)n2)cc1. The summed E-state index contributed by atoms with van der Waals surface area (Å²) < 4.78 is 53.5. The van der Waals surface area contributed by atoms with Crippen molar-refractivity contribution < 1.29 is 17.6 Å². The molecule has 0 atom stereocenters. The molecule has 31 heavy (non-hydrogen) atoms. The van der Waals surface area contributed by atoms with Gasteiger partial charge in [0.25, 0.3) is 0 Å². The molecule has 3 aromatic rings. The van der Waals surface area contributed by atoms with E-state index >= 15 is 0 Å². The van der Waals surface area contributed by atoms with Crippen LogP contribution in [0.25, 0.3) is 0 Å². The molecular weight excluding hydrogens is 408 g/mol. The summed E-state index contributed by atoms with van der Waals surface area (Å²) >= 11 is 0. The van der Waals surface area contributed by atoms with Gasteiger partial charge in [-0.05, 0) is 48.7 Å². The zero-order chi connectivity index (χ0) is 22.3.